The Kier molecular flexibility index (Phi) is 1.71. The maximum absolute atomic E-state index is 5.67. The Bertz CT molecular complexity index is 307. The zero-order valence-electron chi connectivity index (χ0n) is 5.62. The van der Waals surface area contributed by atoms with E-state index < -0.39 is 0 Å². The van der Waals surface area contributed by atoms with Crippen LogP contribution in [-0.2, 0) is 0 Å². The van der Waals surface area contributed by atoms with E-state index >= 15 is 0 Å². The van der Waals surface area contributed by atoms with E-state index in [0.29, 0.717) is 6.67 Å². The summed E-state index contributed by atoms with van der Waals surface area (Å²) in [6.45, 7) is 0.532. The monoisotopic (exact) mass is 231 g/mol. The van der Waals surface area contributed by atoms with Crippen molar-refractivity contribution in [3.05, 3.63) is 16.3 Å². The number of hydrazine groups is 1. The van der Waals surface area contributed by atoms with Crippen LogP contribution in [0.5, 0.6) is 0 Å². The highest BCUT2D eigenvalue weighted by Gasteiger charge is 2.16. The van der Waals surface area contributed by atoms with Crippen molar-refractivity contribution in [1.82, 2.24) is 0 Å². The molecule has 1 aromatic heterocycles. The first-order chi connectivity index (χ1) is 5.29. The van der Waals surface area contributed by atoms with Gasteiger partial charge in [0.05, 0.1) is 10.6 Å². The molecule has 0 spiro atoms. The lowest BCUT2D eigenvalue weighted by atomic mass is 10.4. The van der Waals surface area contributed by atoms with Crippen molar-refractivity contribution >= 4 is 37.6 Å². The first-order valence-corrected chi connectivity index (χ1v) is 4.76. The third-order valence-corrected chi connectivity index (χ3v) is 3.32. The molecule has 2 heterocycles. The van der Waals surface area contributed by atoms with Crippen molar-refractivity contribution in [3.63, 3.8) is 0 Å². The van der Waals surface area contributed by atoms with Gasteiger partial charge in [0, 0.05) is 0 Å². The van der Waals surface area contributed by atoms with Crippen LogP contribution in [0.1, 0.15) is 4.88 Å². The average Bonchev–Trinajstić information content (AvgIpc) is 2.45. The van der Waals surface area contributed by atoms with Crippen molar-refractivity contribution in [2.45, 2.75) is 0 Å². The largest absolute Gasteiger partial charge is 0.288 e. The summed E-state index contributed by atoms with van der Waals surface area (Å²) < 4.78 is 0.907. The number of hydrogen-bond donors (Lipinski definition) is 1. The van der Waals surface area contributed by atoms with Crippen molar-refractivity contribution < 1.29 is 0 Å². The number of nitrogens with two attached hydrogens (primary N) is 1. The number of anilines is 1. The molecule has 0 unspecified atom stereocenters. The van der Waals surface area contributed by atoms with Gasteiger partial charge < -0.3 is 0 Å². The van der Waals surface area contributed by atoms with Gasteiger partial charge in [-0.05, 0) is 27.4 Å². The average molecular weight is 232 g/mol. The molecule has 0 amide bonds. The first kappa shape index (κ1) is 7.27. The highest BCUT2D eigenvalue weighted by atomic mass is 79.9. The van der Waals surface area contributed by atoms with Crippen LogP contribution in [0.25, 0.3) is 0 Å². The molecule has 0 bridgehead atoms. The van der Waals surface area contributed by atoms with E-state index in [1.807, 2.05) is 11.4 Å². The minimum atomic E-state index is 0.532. The van der Waals surface area contributed by atoms with E-state index in [4.69, 9.17) is 5.84 Å². The van der Waals surface area contributed by atoms with E-state index in [1.165, 1.54) is 0 Å². The molecule has 5 heteroatoms. The molecule has 0 atom stereocenters. The van der Waals surface area contributed by atoms with Crippen LogP contribution in [0.2, 0.25) is 0 Å². The van der Waals surface area contributed by atoms with Gasteiger partial charge in [0.15, 0.2) is 0 Å². The van der Waals surface area contributed by atoms with Crippen molar-refractivity contribution in [2.75, 3.05) is 11.7 Å². The van der Waals surface area contributed by atoms with E-state index in [2.05, 4.69) is 20.9 Å². The summed E-state index contributed by atoms with van der Waals surface area (Å²) in [7, 11) is 0. The Hall–Kier alpha value is -0.390. The maximum Gasteiger partial charge on any atom is 0.126 e. The number of thiophene rings is 1. The zero-order valence-corrected chi connectivity index (χ0v) is 8.02. The Morgan fingerprint density at radius 1 is 1.73 bits per heavy atom. The van der Waals surface area contributed by atoms with Crippen LogP contribution in [0.4, 0.5) is 5.69 Å². The number of hydrogen-bond acceptors (Lipinski definition) is 4. The normalized spacial score (nSPS) is 16.2. The van der Waals surface area contributed by atoms with Gasteiger partial charge in [0.25, 0.3) is 0 Å². The molecule has 11 heavy (non-hydrogen) atoms. The second-order valence-electron chi connectivity index (χ2n) is 2.20. The number of aliphatic imine (C=N–C) groups is 1. The third kappa shape index (κ3) is 1.09. The summed E-state index contributed by atoms with van der Waals surface area (Å²) in [5.74, 6) is 5.67. The highest BCUT2D eigenvalue weighted by molar-refractivity contribution is 9.18. The minimum Gasteiger partial charge on any atom is -0.288 e. The van der Waals surface area contributed by atoms with Crippen LogP contribution >= 0.6 is 27.3 Å². The predicted molar refractivity (Wildman–Crippen MR) is 51.3 cm³/mol. The fourth-order valence-electron chi connectivity index (χ4n) is 0.969. The second-order valence-corrected chi connectivity index (χ2v) is 3.86. The lowest BCUT2D eigenvalue weighted by Crippen LogP contribution is -2.34. The zero-order chi connectivity index (χ0) is 7.84. The van der Waals surface area contributed by atoms with Gasteiger partial charge in [0.2, 0.25) is 0 Å². The van der Waals surface area contributed by atoms with Crippen LogP contribution in [-0.4, -0.2) is 11.3 Å². The predicted octanol–water partition coefficient (Wildman–Crippen LogP) is 1.54. The molecular weight excluding hydrogens is 226 g/mol. The summed E-state index contributed by atoms with van der Waals surface area (Å²) in [5, 5.41) is 3.64. The molecule has 1 aromatic rings. The first-order valence-electron chi connectivity index (χ1n) is 3.09. The Labute approximate surface area is 76.6 Å². The van der Waals surface area contributed by atoms with Gasteiger partial charge in [-0.2, -0.15) is 0 Å². The molecule has 2 N–H and O–H groups in total. The number of halogens is 1. The number of rotatable bonds is 0. The molecule has 0 radical (unpaired) electrons. The fraction of sp³-hybridized carbons (Fsp3) is 0.167. The van der Waals surface area contributed by atoms with Crippen molar-refractivity contribution in [1.29, 1.82) is 0 Å². The summed E-state index contributed by atoms with van der Waals surface area (Å²) in [4.78, 5) is 5.28. The standard InChI is InChI=1S/C6H6BrN3S/c7-6-5-4(1-2-11-5)10(8)3-9-6/h1-2H,3,8H2. The summed E-state index contributed by atoms with van der Waals surface area (Å²) in [5.41, 5.74) is 1.05. The molecule has 0 saturated carbocycles. The van der Waals surface area contributed by atoms with Gasteiger partial charge in [-0.15, -0.1) is 11.3 Å². The van der Waals surface area contributed by atoms with E-state index in [0.717, 1.165) is 15.2 Å². The molecule has 2 rings (SSSR count). The number of fused-ring (bicyclic) bond motifs is 1. The van der Waals surface area contributed by atoms with Crippen LogP contribution < -0.4 is 10.9 Å². The van der Waals surface area contributed by atoms with Crippen molar-refractivity contribution in [3.8, 4) is 0 Å². The van der Waals surface area contributed by atoms with Gasteiger partial charge in [-0.1, -0.05) is 0 Å². The molecule has 58 valence electrons. The van der Waals surface area contributed by atoms with Gasteiger partial charge in [-0.3, -0.25) is 10.0 Å². The number of nitrogens with zero attached hydrogens (tertiary/aromatic N) is 2. The van der Waals surface area contributed by atoms with Crippen LogP contribution in [0.3, 0.4) is 0 Å². The van der Waals surface area contributed by atoms with Crippen molar-refractivity contribution in [2.24, 2.45) is 10.8 Å². The lowest BCUT2D eigenvalue weighted by Gasteiger charge is -2.20. The lowest BCUT2D eigenvalue weighted by molar-refractivity contribution is 0.860. The van der Waals surface area contributed by atoms with Gasteiger partial charge in [-0.25, -0.2) is 5.84 Å². The van der Waals surface area contributed by atoms with E-state index in [9.17, 15) is 0 Å². The molecule has 1 aliphatic rings. The fourth-order valence-corrected chi connectivity index (χ4v) is 2.37. The van der Waals surface area contributed by atoms with E-state index in [1.54, 1.807) is 16.3 Å². The Morgan fingerprint density at radius 2 is 2.55 bits per heavy atom. The SMILES string of the molecule is NN1CN=C(Br)c2sccc21. The molecule has 0 fully saturated rings. The van der Waals surface area contributed by atoms with Gasteiger partial charge >= 0.3 is 0 Å². The maximum atomic E-state index is 5.67. The Balaban J connectivity index is 2.55. The topological polar surface area (TPSA) is 41.6 Å². The van der Waals surface area contributed by atoms with Gasteiger partial charge in [0.1, 0.15) is 11.3 Å². The highest BCUT2D eigenvalue weighted by Crippen LogP contribution is 2.29. The summed E-state index contributed by atoms with van der Waals surface area (Å²) in [6.07, 6.45) is 0. The van der Waals surface area contributed by atoms with Crippen LogP contribution in [0.15, 0.2) is 16.4 Å². The van der Waals surface area contributed by atoms with Crippen LogP contribution in [0, 0.1) is 0 Å². The third-order valence-electron chi connectivity index (χ3n) is 1.50. The molecule has 3 nitrogen and oxygen atoms in total. The minimum absolute atomic E-state index is 0.532. The second kappa shape index (κ2) is 2.58. The molecular formula is C6H6BrN3S. The molecule has 0 aliphatic carbocycles. The molecule has 1 aliphatic heterocycles. The Morgan fingerprint density at radius 3 is 3.27 bits per heavy atom. The molecule has 0 aromatic carbocycles. The summed E-state index contributed by atoms with van der Waals surface area (Å²) >= 11 is 5.01. The molecule has 0 saturated heterocycles. The smallest absolute Gasteiger partial charge is 0.126 e. The van der Waals surface area contributed by atoms with E-state index in [-0.39, 0.29) is 0 Å². The quantitative estimate of drug-likeness (QED) is 0.689. The summed E-state index contributed by atoms with van der Waals surface area (Å²) in [6, 6.07) is 2.00.